The molecule has 3 aromatic rings. The molecule has 4 aliphatic rings. The molecule has 7 rings (SSSR count). The number of carboxylic acid groups (broad SMARTS) is 1. The minimum atomic E-state index is -5.08. The highest BCUT2D eigenvalue weighted by molar-refractivity contribution is 6.10. The van der Waals surface area contributed by atoms with Crippen LogP contribution in [0.1, 0.15) is 70.5 Å². The molecule has 0 unspecified atom stereocenters. The number of ether oxygens (including phenoxy) is 1. The first-order chi connectivity index (χ1) is 25.4. The fraction of sp³-hybridized carbons (Fsp3) is 0.543. The number of halogens is 6. The van der Waals surface area contributed by atoms with E-state index in [1.54, 1.807) is 18.5 Å². The second-order valence-electron chi connectivity index (χ2n) is 14.3. The van der Waals surface area contributed by atoms with Crippen molar-refractivity contribution in [3.05, 3.63) is 64.2 Å². The van der Waals surface area contributed by atoms with E-state index in [1.807, 2.05) is 17.7 Å². The normalized spacial score (nSPS) is 19.3. The monoisotopic (exact) mass is 764 g/mol. The Morgan fingerprint density at radius 2 is 1.80 bits per heavy atom. The van der Waals surface area contributed by atoms with Gasteiger partial charge < -0.3 is 24.8 Å². The molecule has 3 N–H and O–H groups in total. The number of alkyl halides is 6. The van der Waals surface area contributed by atoms with Gasteiger partial charge in [0.2, 0.25) is 0 Å². The topological polar surface area (TPSA) is 170 Å². The van der Waals surface area contributed by atoms with Gasteiger partial charge in [0, 0.05) is 50.6 Å². The van der Waals surface area contributed by atoms with Crippen molar-refractivity contribution >= 4 is 23.5 Å². The molecule has 13 nitrogen and oxygen atoms in total. The van der Waals surface area contributed by atoms with E-state index in [0.29, 0.717) is 69.4 Å². The van der Waals surface area contributed by atoms with E-state index in [1.165, 1.54) is 4.90 Å². The molecule has 1 amide bonds. The molecule has 0 atom stereocenters. The lowest BCUT2D eigenvalue weighted by Gasteiger charge is -2.42. The summed E-state index contributed by atoms with van der Waals surface area (Å²) in [6.07, 6.45) is -4.17. The highest BCUT2D eigenvalue weighted by atomic mass is 19.4. The standard InChI is InChI=1S/C33H37F3N8O3.C2HF3O2/c1-42-20-39-41-29(42)15-31(18-47-19-31)23-13-27(38-8-2-7-37)40-28(14-23)44-17-25-24(30(44)45)11-21(12-26(25)33(34,35)36)16-43-9-5-32(46,6-10-43)22-3-4-22;3-2(4,5)1(6)7/h11-14,20,22,46H,2-6,8-10,15-19H2,1H3,(H,38,40);(H,6,7). The van der Waals surface area contributed by atoms with Gasteiger partial charge in [0.15, 0.2) is 0 Å². The van der Waals surface area contributed by atoms with E-state index in [9.17, 15) is 36.2 Å². The number of rotatable bonds is 10. The molecule has 1 aliphatic carbocycles. The van der Waals surface area contributed by atoms with Crippen molar-refractivity contribution in [2.24, 2.45) is 13.0 Å². The van der Waals surface area contributed by atoms with E-state index in [-0.39, 0.29) is 36.5 Å². The lowest BCUT2D eigenvalue weighted by atomic mass is 9.75. The Morgan fingerprint density at radius 1 is 1.11 bits per heavy atom. The number of nitrogens with zero attached hydrogens (tertiary/aromatic N) is 7. The number of piperidine rings is 1. The van der Waals surface area contributed by atoms with Crippen molar-refractivity contribution < 1.29 is 50.9 Å². The molecule has 54 heavy (non-hydrogen) atoms. The molecule has 5 heterocycles. The predicted octanol–water partition coefficient (Wildman–Crippen LogP) is 4.60. The van der Waals surface area contributed by atoms with Crippen molar-refractivity contribution in [3.63, 3.8) is 0 Å². The molecule has 3 aliphatic heterocycles. The summed E-state index contributed by atoms with van der Waals surface area (Å²) in [6, 6.07) is 8.42. The van der Waals surface area contributed by atoms with Gasteiger partial charge in [-0.1, -0.05) is 0 Å². The zero-order valence-corrected chi connectivity index (χ0v) is 29.2. The first kappa shape index (κ1) is 38.9. The smallest absolute Gasteiger partial charge is 0.475 e. The minimum Gasteiger partial charge on any atom is -0.475 e. The number of nitriles is 1. The molecule has 0 radical (unpaired) electrons. The summed E-state index contributed by atoms with van der Waals surface area (Å²) < 4.78 is 82.8. The highest BCUT2D eigenvalue weighted by Gasteiger charge is 2.47. The van der Waals surface area contributed by atoms with Gasteiger partial charge in [-0.2, -0.15) is 31.6 Å². The number of carbonyl (C=O) groups is 2. The van der Waals surface area contributed by atoms with Crippen LogP contribution in [0.15, 0.2) is 30.6 Å². The van der Waals surface area contributed by atoms with E-state index >= 15 is 0 Å². The Kier molecular flexibility index (Phi) is 10.7. The largest absolute Gasteiger partial charge is 0.490 e. The molecule has 2 saturated heterocycles. The quantitative estimate of drug-likeness (QED) is 0.195. The van der Waals surface area contributed by atoms with Crippen LogP contribution < -0.4 is 10.2 Å². The zero-order chi connectivity index (χ0) is 39.1. The molecular weight excluding hydrogens is 726 g/mol. The number of carbonyl (C=O) groups excluding carboxylic acids is 1. The number of amides is 1. The number of hydrogen-bond acceptors (Lipinski definition) is 10. The number of pyridine rings is 1. The highest BCUT2D eigenvalue weighted by Crippen LogP contribution is 2.46. The third-order valence-corrected chi connectivity index (χ3v) is 10.4. The number of carboxylic acids is 1. The van der Waals surface area contributed by atoms with Gasteiger partial charge in [-0.15, -0.1) is 10.2 Å². The lowest BCUT2D eigenvalue weighted by molar-refractivity contribution is -0.192. The third-order valence-electron chi connectivity index (χ3n) is 10.4. The van der Waals surface area contributed by atoms with E-state index in [4.69, 9.17) is 19.9 Å². The van der Waals surface area contributed by atoms with Gasteiger partial charge in [0.05, 0.1) is 43.4 Å². The van der Waals surface area contributed by atoms with Crippen molar-refractivity contribution in [1.29, 1.82) is 5.26 Å². The summed E-state index contributed by atoms with van der Waals surface area (Å²) in [5, 5.41) is 38.5. The molecular formula is C35H38F6N8O5. The Balaban J connectivity index is 0.000000649. The first-order valence-electron chi connectivity index (χ1n) is 17.3. The maximum absolute atomic E-state index is 14.5. The second kappa shape index (κ2) is 14.8. The Morgan fingerprint density at radius 3 is 2.33 bits per heavy atom. The molecule has 19 heteroatoms. The maximum atomic E-state index is 14.5. The Labute approximate surface area is 305 Å². The summed E-state index contributed by atoms with van der Waals surface area (Å²) >= 11 is 0. The summed E-state index contributed by atoms with van der Waals surface area (Å²) in [5.41, 5.74) is -0.838. The molecule has 2 aromatic heterocycles. The summed E-state index contributed by atoms with van der Waals surface area (Å²) in [5.74, 6) is -1.60. The van der Waals surface area contributed by atoms with Crippen LogP contribution in [0.4, 0.5) is 38.0 Å². The fourth-order valence-electron chi connectivity index (χ4n) is 7.17. The van der Waals surface area contributed by atoms with Crippen LogP contribution in [-0.4, -0.2) is 91.4 Å². The van der Waals surface area contributed by atoms with Crippen LogP contribution >= 0.6 is 0 Å². The number of anilines is 2. The molecule has 0 spiro atoms. The van der Waals surface area contributed by atoms with Crippen LogP contribution in [0.3, 0.4) is 0 Å². The zero-order valence-electron chi connectivity index (χ0n) is 29.2. The maximum Gasteiger partial charge on any atom is 0.490 e. The first-order valence-corrected chi connectivity index (χ1v) is 17.3. The van der Waals surface area contributed by atoms with Gasteiger partial charge in [-0.05, 0) is 72.6 Å². The number of aryl methyl sites for hydroxylation is 1. The van der Waals surface area contributed by atoms with Crippen LogP contribution in [0, 0.1) is 17.2 Å². The van der Waals surface area contributed by atoms with Gasteiger partial charge in [0.25, 0.3) is 5.91 Å². The SMILES string of the molecule is Cn1cnnc1CC1(c2cc(NCCC#N)nc(N3Cc4c(cc(CN5CCC(O)(C6CC6)CC5)cc4C(F)(F)F)C3=O)c2)COC1.O=C(O)C(F)(F)F. The number of hydrogen-bond donors (Lipinski definition) is 3. The van der Waals surface area contributed by atoms with Gasteiger partial charge in [0.1, 0.15) is 23.8 Å². The summed E-state index contributed by atoms with van der Waals surface area (Å²) in [7, 11) is 1.85. The molecule has 1 aromatic carbocycles. The third kappa shape index (κ3) is 8.30. The van der Waals surface area contributed by atoms with Crippen molar-refractivity contribution in [3.8, 4) is 6.07 Å². The number of aliphatic hydroxyl groups is 1. The second-order valence-corrected chi connectivity index (χ2v) is 14.3. The van der Waals surface area contributed by atoms with Crippen LogP contribution in [-0.2, 0) is 47.7 Å². The average molecular weight is 765 g/mol. The number of aliphatic carboxylic acids is 1. The number of likely N-dealkylation sites (tertiary alicyclic amines) is 1. The molecule has 1 saturated carbocycles. The minimum absolute atomic E-state index is 0.0216. The van der Waals surface area contributed by atoms with Crippen LogP contribution in [0.5, 0.6) is 0 Å². The molecule has 290 valence electrons. The van der Waals surface area contributed by atoms with Gasteiger partial charge >= 0.3 is 18.3 Å². The van der Waals surface area contributed by atoms with Crippen molar-refractivity contribution in [1.82, 2.24) is 24.6 Å². The number of benzene rings is 1. The number of aromatic nitrogens is 4. The summed E-state index contributed by atoms with van der Waals surface area (Å²) in [4.78, 5) is 30.9. The van der Waals surface area contributed by atoms with Crippen molar-refractivity contribution in [2.45, 2.75) is 75.0 Å². The predicted molar refractivity (Wildman–Crippen MR) is 178 cm³/mol. The van der Waals surface area contributed by atoms with Crippen LogP contribution in [0.25, 0.3) is 0 Å². The van der Waals surface area contributed by atoms with E-state index in [0.717, 1.165) is 30.3 Å². The van der Waals surface area contributed by atoms with Gasteiger partial charge in [-0.3, -0.25) is 14.6 Å². The summed E-state index contributed by atoms with van der Waals surface area (Å²) in [6.45, 7) is 2.23. The van der Waals surface area contributed by atoms with E-state index < -0.39 is 40.8 Å². The number of nitrogens with one attached hydrogen (secondary N) is 1. The Bertz CT molecular complexity index is 1930. The Hall–Kier alpha value is -4.80. The average Bonchev–Trinajstić information content (AvgIpc) is 3.81. The van der Waals surface area contributed by atoms with E-state index in [2.05, 4.69) is 31.5 Å². The van der Waals surface area contributed by atoms with Gasteiger partial charge in [-0.25, -0.2) is 9.78 Å². The van der Waals surface area contributed by atoms with Crippen LogP contribution in [0.2, 0.25) is 0 Å². The lowest BCUT2D eigenvalue weighted by Crippen LogP contribution is -2.49. The molecule has 0 bridgehead atoms. The number of fused-ring (bicyclic) bond motifs is 1. The fourth-order valence-corrected chi connectivity index (χ4v) is 7.17. The molecule has 3 fully saturated rings. The van der Waals surface area contributed by atoms with Crippen molar-refractivity contribution in [2.75, 3.05) is 43.1 Å².